The van der Waals surface area contributed by atoms with Gasteiger partial charge in [0.1, 0.15) is 23.1 Å². The zero-order valence-electron chi connectivity index (χ0n) is 16.4. The van der Waals surface area contributed by atoms with Gasteiger partial charge in [-0.1, -0.05) is 6.07 Å². The molecule has 2 aromatic rings. The zero-order chi connectivity index (χ0) is 19.5. The Kier molecular flexibility index (Phi) is 7.25. The molecule has 3 heterocycles. The molecule has 0 bridgehead atoms. The number of hydrogen-bond acceptors (Lipinski definition) is 4. The molecule has 7 nitrogen and oxygen atoms in total. The predicted octanol–water partition coefficient (Wildman–Crippen LogP) is 2.45. The van der Waals surface area contributed by atoms with Crippen LogP contribution in [-0.2, 0) is 19.5 Å². The van der Waals surface area contributed by atoms with Crippen molar-refractivity contribution in [3.8, 4) is 0 Å². The van der Waals surface area contributed by atoms with Crippen LogP contribution in [0.5, 0.6) is 0 Å². The van der Waals surface area contributed by atoms with Crippen LogP contribution < -0.4 is 15.5 Å². The lowest BCUT2D eigenvalue weighted by Crippen LogP contribution is -2.44. The van der Waals surface area contributed by atoms with E-state index in [2.05, 4.69) is 30.4 Å². The Labute approximate surface area is 186 Å². The first-order valence-electron chi connectivity index (χ1n) is 9.73. The molecule has 10 heteroatoms. The second-order valence-corrected chi connectivity index (χ2v) is 7.21. The Morgan fingerprint density at radius 1 is 1.21 bits per heavy atom. The van der Waals surface area contributed by atoms with Gasteiger partial charge in [0.05, 0.1) is 6.54 Å². The molecule has 1 atom stereocenters. The van der Waals surface area contributed by atoms with Gasteiger partial charge in [0.2, 0.25) is 0 Å². The highest BCUT2D eigenvalue weighted by Crippen LogP contribution is 2.26. The number of benzene rings is 1. The van der Waals surface area contributed by atoms with Gasteiger partial charge in [-0.15, -0.1) is 34.2 Å². The summed E-state index contributed by atoms with van der Waals surface area (Å²) in [6.07, 6.45) is 4.06. The van der Waals surface area contributed by atoms with Gasteiger partial charge in [-0.3, -0.25) is 4.99 Å². The first kappa shape index (κ1) is 21.7. The summed E-state index contributed by atoms with van der Waals surface area (Å²) in [5.74, 6) is 1.54. The summed E-state index contributed by atoms with van der Waals surface area (Å²) in [7, 11) is 1.71. The van der Waals surface area contributed by atoms with E-state index in [1.54, 1.807) is 11.9 Å². The number of aliphatic imine (C=N–C) groups is 1. The normalized spacial score (nSPS) is 18.9. The van der Waals surface area contributed by atoms with E-state index in [0.717, 1.165) is 43.9 Å². The molecule has 0 aliphatic carbocycles. The summed E-state index contributed by atoms with van der Waals surface area (Å²) >= 11 is 0. The maximum atomic E-state index is 14.0. The molecule has 4 rings (SSSR count). The van der Waals surface area contributed by atoms with E-state index in [1.807, 2.05) is 0 Å². The van der Waals surface area contributed by atoms with E-state index < -0.39 is 11.6 Å². The van der Waals surface area contributed by atoms with Gasteiger partial charge in [0.25, 0.3) is 0 Å². The zero-order valence-corrected chi connectivity index (χ0v) is 18.7. The molecule has 1 unspecified atom stereocenters. The highest BCUT2D eigenvalue weighted by atomic mass is 127. The largest absolute Gasteiger partial charge is 0.365 e. The number of aryl methyl sites for hydroxylation is 1. The quantitative estimate of drug-likeness (QED) is 0.371. The first-order valence-corrected chi connectivity index (χ1v) is 9.73. The summed E-state index contributed by atoms with van der Waals surface area (Å²) in [5, 5.41) is 15.2. The van der Waals surface area contributed by atoms with E-state index in [0.29, 0.717) is 25.6 Å². The van der Waals surface area contributed by atoms with Gasteiger partial charge >= 0.3 is 0 Å². The average Bonchev–Trinajstić information content (AvgIpc) is 3.32. The fourth-order valence-corrected chi connectivity index (χ4v) is 3.92. The molecule has 1 aromatic carbocycles. The van der Waals surface area contributed by atoms with E-state index >= 15 is 0 Å². The smallest absolute Gasteiger partial charge is 0.191 e. The lowest BCUT2D eigenvalue weighted by molar-refractivity contribution is 0.504. The molecule has 2 aliphatic rings. The second-order valence-electron chi connectivity index (χ2n) is 7.21. The van der Waals surface area contributed by atoms with Gasteiger partial charge < -0.3 is 20.1 Å². The van der Waals surface area contributed by atoms with Gasteiger partial charge in [0, 0.05) is 39.1 Å². The number of rotatable bonds is 4. The van der Waals surface area contributed by atoms with Crippen molar-refractivity contribution in [2.75, 3.05) is 25.0 Å². The van der Waals surface area contributed by atoms with Crippen molar-refractivity contribution in [2.24, 2.45) is 4.99 Å². The molecule has 1 aromatic heterocycles. The molecule has 158 valence electrons. The fraction of sp³-hybridized carbons (Fsp3) is 0.526. The van der Waals surface area contributed by atoms with Gasteiger partial charge in [-0.05, 0) is 31.4 Å². The Bertz CT molecular complexity index is 850. The number of fused-ring (bicyclic) bond motifs is 1. The summed E-state index contributed by atoms with van der Waals surface area (Å²) in [6, 6.07) is 4.02. The Morgan fingerprint density at radius 3 is 2.76 bits per heavy atom. The highest BCUT2D eigenvalue weighted by molar-refractivity contribution is 14.0. The molecular weight excluding hydrogens is 491 g/mol. The van der Waals surface area contributed by atoms with Crippen molar-refractivity contribution < 1.29 is 8.78 Å². The van der Waals surface area contributed by atoms with Crippen molar-refractivity contribution in [1.29, 1.82) is 0 Å². The van der Waals surface area contributed by atoms with E-state index in [9.17, 15) is 8.78 Å². The van der Waals surface area contributed by atoms with Crippen LogP contribution in [0.1, 0.15) is 30.9 Å². The fourth-order valence-electron chi connectivity index (χ4n) is 3.92. The predicted molar refractivity (Wildman–Crippen MR) is 119 cm³/mol. The minimum Gasteiger partial charge on any atom is -0.365 e. The first-order chi connectivity index (χ1) is 13.7. The Balaban J connectivity index is 0.00000240. The van der Waals surface area contributed by atoms with Crippen LogP contribution >= 0.6 is 24.0 Å². The molecule has 0 saturated carbocycles. The van der Waals surface area contributed by atoms with E-state index in [4.69, 9.17) is 0 Å². The van der Waals surface area contributed by atoms with E-state index in [1.165, 1.54) is 18.2 Å². The molecule has 1 saturated heterocycles. The van der Waals surface area contributed by atoms with Crippen molar-refractivity contribution in [1.82, 2.24) is 25.4 Å². The second kappa shape index (κ2) is 9.68. The molecule has 0 spiro atoms. The van der Waals surface area contributed by atoms with Crippen LogP contribution in [0.2, 0.25) is 0 Å². The van der Waals surface area contributed by atoms with Crippen LogP contribution in [0.4, 0.5) is 14.5 Å². The van der Waals surface area contributed by atoms with Gasteiger partial charge in [0.15, 0.2) is 11.8 Å². The van der Waals surface area contributed by atoms with Crippen LogP contribution in [0.3, 0.4) is 0 Å². The molecule has 29 heavy (non-hydrogen) atoms. The number of anilines is 1. The van der Waals surface area contributed by atoms with E-state index in [-0.39, 0.29) is 35.7 Å². The van der Waals surface area contributed by atoms with Crippen molar-refractivity contribution in [3.63, 3.8) is 0 Å². The number of guanidine groups is 1. The number of halogens is 3. The SMILES string of the molecule is CN=C(NCc1nnc2n1CCCC2)NC1CCN(c2c(F)cccc2F)C1.I. The van der Waals surface area contributed by atoms with Crippen LogP contribution in [-0.4, -0.2) is 46.9 Å². The minimum atomic E-state index is -0.528. The topological polar surface area (TPSA) is 70.4 Å². The summed E-state index contributed by atoms with van der Waals surface area (Å²) in [4.78, 5) is 6.01. The van der Waals surface area contributed by atoms with Crippen molar-refractivity contribution >= 4 is 35.6 Å². The third-order valence-corrected chi connectivity index (χ3v) is 5.36. The Hall–Kier alpha value is -1.98. The van der Waals surface area contributed by atoms with Crippen LogP contribution in [0.15, 0.2) is 23.2 Å². The number of hydrogen-bond donors (Lipinski definition) is 2. The number of nitrogens with one attached hydrogen (secondary N) is 2. The number of para-hydroxylation sites is 1. The lowest BCUT2D eigenvalue weighted by atomic mass is 10.2. The minimum absolute atomic E-state index is 0. The number of nitrogens with zero attached hydrogens (tertiary/aromatic N) is 5. The third-order valence-electron chi connectivity index (χ3n) is 5.36. The lowest BCUT2D eigenvalue weighted by Gasteiger charge is -2.21. The maximum Gasteiger partial charge on any atom is 0.191 e. The van der Waals surface area contributed by atoms with Gasteiger partial charge in [-0.2, -0.15) is 0 Å². The molecule has 0 amide bonds. The third kappa shape index (κ3) is 4.78. The summed E-state index contributed by atoms with van der Waals surface area (Å²) in [5.41, 5.74) is 0.0461. The number of aromatic nitrogens is 3. The summed E-state index contributed by atoms with van der Waals surface area (Å²) < 4.78 is 30.2. The van der Waals surface area contributed by atoms with Crippen LogP contribution in [0.25, 0.3) is 0 Å². The molecule has 2 N–H and O–H groups in total. The molecule has 1 fully saturated rings. The molecule has 0 radical (unpaired) electrons. The molecule has 2 aliphatic heterocycles. The standard InChI is InChI=1S/C19H25F2N7.HI/c1-22-19(23-11-17-26-25-16-7-2-3-9-28(16)17)24-13-8-10-27(12-13)18-14(20)5-4-6-15(18)21;/h4-6,13H,2-3,7-12H2,1H3,(H2,22,23,24);1H. The highest BCUT2D eigenvalue weighted by Gasteiger charge is 2.27. The van der Waals surface area contributed by atoms with Crippen molar-refractivity contribution in [2.45, 2.75) is 44.8 Å². The monoisotopic (exact) mass is 517 g/mol. The summed E-state index contributed by atoms with van der Waals surface area (Å²) in [6.45, 7) is 2.59. The molecular formula is C19H26F2IN7. The Morgan fingerprint density at radius 2 is 2.00 bits per heavy atom. The average molecular weight is 517 g/mol. The van der Waals surface area contributed by atoms with Crippen molar-refractivity contribution in [3.05, 3.63) is 41.5 Å². The van der Waals surface area contributed by atoms with Crippen LogP contribution in [0, 0.1) is 11.6 Å². The van der Waals surface area contributed by atoms with Gasteiger partial charge in [-0.25, -0.2) is 8.78 Å². The maximum absolute atomic E-state index is 14.0.